The van der Waals surface area contributed by atoms with E-state index < -0.39 is 9.84 Å². The van der Waals surface area contributed by atoms with Gasteiger partial charge in [-0.1, -0.05) is 18.2 Å². The SMILES string of the molecule is CN(C1CCS(=O)(=O)C1)C(CN)c1coc2ccccc12. The lowest BCUT2D eigenvalue weighted by Gasteiger charge is -2.31. The van der Waals surface area contributed by atoms with Crippen molar-refractivity contribution >= 4 is 20.8 Å². The number of hydrogen-bond acceptors (Lipinski definition) is 5. The highest BCUT2D eigenvalue weighted by atomic mass is 32.2. The Balaban J connectivity index is 1.91. The van der Waals surface area contributed by atoms with Gasteiger partial charge in [-0.25, -0.2) is 8.42 Å². The van der Waals surface area contributed by atoms with E-state index in [-0.39, 0.29) is 23.6 Å². The molecule has 6 heteroatoms. The topological polar surface area (TPSA) is 76.5 Å². The van der Waals surface area contributed by atoms with Crippen LogP contribution >= 0.6 is 0 Å². The fourth-order valence-electron chi connectivity index (χ4n) is 3.12. The number of para-hydroxylation sites is 1. The van der Waals surface area contributed by atoms with E-state index in [2.05, 4.69) is 4.90 Å². The molecule has 2 unspecified atom stereocenters. The Morgan fingerprint density at radius 2 is 2.19 bits per heavy atom. The van der Waals surface area contributed by atoms with Crippen LogP contribution in [0.15, 0.2) is 34.9 Å². The summed E-state index contributed by atoms with van der Waals surface area (Å²) >= 11 is 0. The van der Waals surface area contributed by atoms with Crippen molar-refractivity contribution < 1.29 is 12.8 Å². The number of benzene rings is 1. The molecule has 0 radical (unpaired) electrons. The van der Waals surface area contributed by atoms with Crippen LogP contribution in [0.1, 0.15) is 18.0 Å². The normalized spacial score (nSPS) is 22.9. The molecule has 21 heavy (non-hydrogen) atoms. The van der Waals surface area contributed by atoms with E-state index in [1.54, 1.807) is 6.26 Å². The highest BCUT2D eigenvalue weighted by molar-refractivity contribution is 7.91. The summed E-state index contributed by atoms with van der Waals surface area (Å²) in [5, 5.41) is 1.04. The van der Waals surface area contributed by atoms with Gasteiger partial charge < -0.3 is 10.2 Å². The zero-order chi connectivity index (χ0) is 15.0. The van der Waals surface area contributed by atoms with Gasteiger partial charge in [-0.15, -0.1) is 0 Å². The van der Waals surface area contributed by atoms with Crippen molar-refractivity contribution in [2.45, 2.75) is 18.5 Å². The molecule has 0 saturated carbocycles. The number of likely N-dealkylation sites (N-methyl/N-ethyl adjacent to an activating group) is 1. The Bertz CT molecular complexity index is 738. The number of nitrogens with two attached hydrogens (primary N) is 1. The van der Waals surface area contributed by atoms with Gasteiger partial charge in [0.25, 0.3) is 0 Å². The molecular weight excluding hydrogens is 288 g/mol. The van der Waals surface area contributed by atoms with E-state index in [1.165, 1.54) is 0 Å². The van der Waals surface area contributed by atoms with Crippen LogP contribution < -0.4 is 5.73 Å². The summed E-state index contributed by atoms with van der Waals surface area (Å²) in [7, 11) is -0.950. The number of furan rings is 1. The summed E-state index contributed by atoms with van der Waals surface area (Å²) < 4.78 is 28.9. The lowest BCUT2D eigenvalue weighted by Crippen LogP contribution is -2.39. The number of hydrogen-bond donors (Lipinski definition) is 1. The fourth-order valence-corrected chi connectivity index (χ4v) is 4.91. The second-order valence-electron chi connectivity index (χ2n) is 5.66. The van der Waals surface area contributed by atoms with Crippen LogP contribution in [0.4, 0.5) is 0 Å². The van der Waals surface area contributed by atoms with Gasteiger partial charge in [0.05, 0.1) is 23.8 Å². The minimum atomic E-state index is -2.90. The third-order valence-corrected chi connectivity index (χ3v) is 6.12. The maximum absolute atomic E-state index is 11.7. The molecule has 2 aromatic rings. The van der Waals surface area contributed by atoms with Crippen molar-refractivity contribution in [3.8, 4) is 0 Å². The van der Waals surface area contributed by atoms with Crippen LogP contribution in [0.2, 0.25) is 0 Å². The van der Waals surface area contributed by atoms with Gasteiger partial charge in [-0.3, -0.25) is 4.90 Å². The molecule has 2 N–H and O–H groups in total. The first-order valence-electron chi connectivity index (χ1n) is 7.10. The molecule has 2 heterocycles. The molecule has 0 aliphatic carbocycles. The van der Waals surface area contributed by atoms with E-state index in [0.29, 0.717) is 13.0 Å². The number of nitrogens with zero attached hydrogens (tertiary/aromatic N) is 1. The molecule has 1 saturated heterocycles. The van der Waals surface area contributed by atoms with Crippen LogP contribution in [0, 0.1) is 0 Å². The van der Waals surface area contributed by atoms with Crippen LogP contribution in [0.25, 0.3) is 11.0 Å². The molecule has 0 spiro atoms. The van der Waals surface area contributed by atoms with Crippen molar-refractivity contribution in [2.24, 2.45) is 5.73 Å². The Labute approximate surface area is 124 Å². The van der Waals surface area contributed by atoms with Crippen molar-refractivity contribution in [1.82, 2.24) is 4.90 Å². The van der Waals surface area contributed by atoms with E-state index >= 15 is 0 Å². The first-order chi connectivity index (χ1) is 10.0. The maximum Gasteiger partial charge on any atom is 0.151 e. The van der Waals surface area contributed by atoms with Crippen LogP contribution in [-0.4, -0.2) is 44.5 Å². The van der Waals surface area contributed by atoms with Crippen molar-refractivity contribution in [1.29, 1.82) is 0 Å². The molecule has 1 fully saturated rings. The van der Waals surface area contributed by atoms with Gasteiger partial charge in [0.2, 0.25) is 0 Å². The number of sulfone groups is 1. The molecule has 5 nitrogen and oxygen atoms in total. The minimum Gasteiger partial charge on any atom is -0.464 e. The van der Waals surface area contributed by atoms with Crippen LogP contribution in [0.5, 0.6) is 0 Å². The first-order valence-corrected chi connectivity index (χ1v) is 8.92. The zero-order valence-corrected chi connectivity index (χ0v) is 12.8. The zero-order valence-electron chi connectivity index (χ0n) is 12.0. The smallest absolute Gasteiger partial charge is 0.151 e. The van der Waals surface area contributed by atoms with Gasteiger partial charge in [0.1, 0.15) is 5.58 Å². The van der Waals surface area contributed by atoms with E-state index in [4.69, 9.17) is 10.2 Å². The maximum atomic E-state index is 11.7. The van der Waals surface area contributed by atoms with E-state index in [1.807, 2.05) is 31.3 Å². The van der Waals surface area contributed by atoms with Gasteiger partial charge in [-0.05, 0) is 19.5 Å². The summed E-state index contributed by atoms with van der Waals surface area (Å²) in [5.41, 5.74) is 7.82. The highest BCUT2D eigenvalue weighted by Crippen LogP contribution is 2.31. The predicted molar refractivity (Wildman–Crippen MR) is 82.8 cm³/mol. The van der Waals surface area contributed by atoms with Gasteiger partial charge >= 0.3 is 0 Å². The predicted octanol–water partition coefficient (Wildman–Crippen LogP) is 1.55. The standard InChI is InChI=1S/C15H20N2O3S/c1-17(11-6-7-21(18,19)10-11)14(8-16)13-9-20-15-5-3-2-4-12(13)15/h2-5,9,11,14H,6-8,10,16H2,1H3. The van der Waals surface area contributed by atoms with Crippen molar-refractivity contribution in [2.75, 3.05) is 25.1 Å². The molecule has 1 aliphatic heterocycles. The fraction of sp³-hybridized carbons (Fsp3) is 0.467. The van der Waals surface area contributed by atoms with Crippen LogP contribution in [-0.2, 0) is 9.84 Å². The summed E-state index contributed by atoms with van der Waals surface area (Å²) in [6.07, 6.45) is 2.41. The third kappa shape index (κ3) is 2.71. The largest absolute Gasteiger partial charge is 0.464 e. The molecule has 1 aliphatic rings. The van der Waals surface area contributed by atoms with Crippen molar-refractivity contribution in [3.05, 3.63) is 36.1 Å². The summed E-state index contributed by atoms with van der Waals surface area (Å²) in [4.78, 5) is 2.09. The molecule has 2 atom stereocenters. The summed E-state index contributed by atoms with van der Waals surface area (Å²) in [5.74, 6) is 0.487. The molecular formula is C15H20N2O3S. The third-order valence-electron chi connectivity index (χ3n) is 4.37. The van der Waals surface area contributed by atoms with Crippen molar-refractivity contribution in [3.63, 3.8) is 0 Å². The average Bonchev–Trinajstić information content (AvgIpc) is 3.04. The molecule has 3 rings (SSSR count). The first kappa shape index (κ1) is 14.6. The number of fused-ring (bicyclic) bond motifs is 1. The Morgan fingerprint density at radius 3 is 2.86 bits per heavy atom. The average molecular weight is 308 g/mol. The van der Waals surface area contributed by atoms with E-state index in [0.717, 1.165) is 16.5 Å². The Kier molecular flexibility index (Phi) is 3.77. The summed E-state index contributed by atoms with van der Waals surface area (Å²) in [6.45, 7) is 0.427. The lowest BCUT2D eigenvalue weighted by molar-refractivity contribution is 0.192. The number of rotatable bonds is 4. The Morgan fingerprint density at radius 1 is 1.43 bits per heavy atom. The Hall–Kier alpha value is -1.37. The van der Waals surface area contributed by atoms with E-state index in [9.17, 15) is 8.42 Å². The summed E-state index contributed by atoms with van der Waals surface area (Å²) in [6, 6.07) is 7.82. The molecule has 1 aromatic heterocycles. The molecule has 114 valence electrons. The van der Waals surface area contributed by atoms with Gasteiger partial charge in [-0.2, -0.15) is 0 Å². The second-order valence-corrected chi connectivity index (χ2v) is 7.89. The van der Waals surface area contributed by atoms with Crippen LogP contribution in [0.3, 0.4) is 0 Å². The quantitative estimate of drug-likeness (QED) is 0.927. The van der Waals surface area contributed by atoms with Gasteiger partial charge in [0.15, 0.2) is 9.84 Å². The minimum absolute atomic E-state index is 0.0252. The monoisotopic (exact) mass is 308 g/mol. The molecule has 0 amide bonds. The molecule has 0 bridgehead atoms. The highest BCUT2D eigenvalue weighted by Gasteiger charge is 2.34. The lowest BCUT2D eigenvalue weighted by atomic mass is 10.0. The second kappa shape index (κ2) is 5.44. The van der Waals surface area contributed by atoms with Gasteiger partial charge in [0, 0.05) is 23.5 Å². The molecule has 1 aromatic carbocycles.